The summed E-state index contributed by atoms with van der Waals surface area (Å²) in [4.78, 5) is 41.2. The number of hydrogen-bond donors (Lipinski definition) is 3. The SMILES string of the molecule is COc1ccc(Nc2ncnc(NNC(=O)c3ccc([N+](=O)[O-])cc3)c2[N+](=O)[O-])c(OC)c1. The minimum Gasteiger partial charge on any atom is -0.497 e. The molecule has 3 rings (SSSR count). The van der Waals surface area contributed by atoms with Gasteiger partial charge in [0.2, 0.25) is 11.6 Å². The highest BCUT2D eigenvalue weighted by molar-refractivity contribution is 5.95. The number of hydrazine groups is 1. The number of hydrogen-bond acceptors (Lipinski definition) is 11. The van der Waals surface area contributed by atoms with E-state index in [-0.39, 0.29) is 22.9 Å². The van der Waals surface area contributed by atoms with Crippen molar-refractivity contribution in [2.75, 3.05) is 25.0 Å². The van der Waals surface area contributed by atoms with Gasteiger partial charge in [0, 0.05) is 23.8 Å². The molecule has 0 fully saturated rings. The second kappa shape index (κ2) is 9.86. The Morgan fingerprint density at radius 1 is 0.939 bits per heavy atom. The number of ether oxygens (including phenoxy) is 2. The molecule has 14 nitrogen and oxygen atoms in total. The molecule has 1 amide bonds. The maximum absolute atomic E-state index is 12.3. The number of non-ortho nitro benzene ring substituents is 1. The molecule has 0 atom stereocenters. The molecule has 0 aliphatic rings. The first-order valence-electron chi connectivity index (χ1n) is 9.13. The van der Waals surface area contributed by atoms with Crippen LogP contribution < -0.4 is 25.6 Å². The minimum absolute atomic E-state index is 0.0890. The lowest BCUT2D eigenvalue weighted by Gasteiger charge is -2.13. The summed E-state index contributed by atoms with van der Waals surface area (Å²) in [5.74, 6) is -0.274. The van der Waals surface area contributed by atoms with E-state index in [4.69, 9.17) is 9.47 Å². The summed E-state index contributed by atoms with van der Waals surface area (Å²) in [6, 6.07) is 9.60. The van der Waals surface area contributed by atoms with E-state index in [1.807, 2.05) is 0 Å². The van der Waals surface area contributed by atoms with E-state index in [9.17, 15) is 25.0 Å². The molecule has 14 heteroatoms. The van der Waals surface area contributed by atoms with E-state index in [0.717, 1.165) is 18.5 Å². The van der Waals surface area contributed by atoms with Crippen LogP contribution in [-0.2, 0) is 0 Å². The van der Waals surface area contributed by atoms with Crippen LogP contribution in [-0.4, -0.2) is 39.9 Å². The van der Waals surface area contributed by atoms with Gasteiger partial charge in [0.15, 0.2) is 0 Å². The largest absolute Gasteiger partial charge is 0.497 e. The van der Waals surface area contributed by atoms with Crippen molar-refractivity contribution in [1.29, 1.82) is 0 Å². The fraction of sp³-hybridized carbons (Fsp3) is 0.105. The molecule has 0 radical (unpaired) electrons. The number of nitro benzene ring substituents is 1. The third kappa shape index (κ3) is 5.19. The summed E-state index contributed by atoms with van der Waals surface area (Å²) in [5, 5.41) is 25.3. The van der Waals surface area contributed by atoms with Crippen molar-refractivity contribution in [3.63, 3.8) is 0 Å². The smallest absolute Gasteiger partial charge is 0.355 e. The molecule has 0 aliphatic carbocycles. The number of carbonyl (C=O) groups is 1. The lowest BCUT2D eigenvalue weighted by atomic mass is 10.2. The molecular weight excluding hydrogens is 438 g/mol. The van der Waals surface area contributed by atoms with Gasteiger partial charge in [-0.25, -0.2) is 9.97 Å². The van der Waals surface area contributed by atoms with Crippen LogP contribution in [0, 0.1) is 20.2 Å². The number of aromatic nitrogens is 2. The Kier molecular flexibility index (Phi) is 6.78. The molecule has 33 heavy (non-hydrogen) atoms. The summed E-state index contributed by atoms with van der Waals surface area (Å²) >= 11 is 0. The third-order valence-electron chi connectivity index (χ3n) is 4.30. The van der Waals surface area contributed by atoms with Crippen molar-refractivity contribution >= 4 is 34.6 Å². The number of rotatable bonds is 9. The summed E-state index contributed by atoms with van der Waals surface area (Å²) in [7, 11) is 2.91. The molecule has 0 unspecified atom stereocenters. The summed E-state index contributed by atoms with van der Waals surface area (Å²) in [5.41, 5.74) is 4.39. The first-order valence-corrected chi connectivity index (χ1v) is 9.13. The normalized spacial score (nSPS) is 10.1. The van der Waals surface area contributed by atoms with Crippen molar-refractivity contribution in [2.45, 2.75) is 0 Å². The zero-order valence-corrected chi connectivity index (χ0v) is 17.3. The molecule has 0 aliphatic heterocycles. The minimum atomic E-state index is -0.724. The maximum atomic E-state index is 12.3. The number of benzene rings is 2. The van der Waals surface area contributed by atoms with Crippen LogP contribution in [0.5, 0.6) is 11.5 Å². The van der Waals surface area contributed by atoms with Gasteiger partial charge < -0.3 is 14.8 Å². The standard InChI is InChI=1S/C19H17N7O7/c1-32-13-7-8-14(15(9-13)33-2)22-17-16(26(30)31)18(21-10-20-17)23-24-19(27)11-3-5-12(6-4-11)25(28)29/h3-10H,1-2H3,(H,24,27)(H2,20,21,22,23). The van der Waals surface area contributed by atoms with E-state index < -0.39 is 21.4 Å². The number of nitrogens with one attached hydrogen (secondary N) is 3. The lowest BCUT2D eigenvalue weighted by Crippen LogP contribution is -2.30. The maximum Gasteiger partial charge on any atom is 0.355 e. The van der Waals surface area contributed by atoms with Crippen molar-refractivity contribution < 1.29 is 24.1 Å². The average Bonchev–Trinajstić information content (AvgIpc) is 2.82. The summed E-state index contributed by atoms with van der Waals surface area (Å²) in [6.07, 6.45) is 1.06. The Bertz CT molecular complexity index is 1200. The Labute approximate surface area is 185 Å². The highest BCUT2D eigenvalue weighted by Gasteiger charge is 2.24. The van der Waals surface area contributed by atoms with Crippen LogP contribution in [0.15, 0.2) is 48.8 Å². The second-order valence-electron chi connectivity index (χ2n) is 6.25. The van der Waals surface area contributed by atoms with E-state index in [1.54, 1.807) is 18.2 Å². The van der Waals surface area contributed by atoms with Gasteiger partial charge >= 0.3 is 5.69 Å². The van der Waals surface area contributed by atoms with Crippen LogP contribution in [0.2, 0.25) is 0 Å². The van der Waals surface area contributed by atoms with E-state index in [0.29, 0.717) is 17.2 Å². The van der Waals surface area contributed by atoms with E-state index in [1.165, 1.54) is 26.4 Å². The van der Waals surface area contributed by atoms with Gasteiger partial charge in [-0.15, -0.1) is 0 Å². The molecule has 1 heterocycles. The number of nitrogens with zero attached hydrogens (tertiary/aromatic N) is 4. The molecule has 0 saturated heterocycles. The Balaban J connectivity index is 1.83. The number of amides is 1. The molecule has 3 N–H and O–H groups in total. The zero-order chi connectivity index (χ0) is 24.0. The van der Waals surface area contributed by atoms with Crippen molar-refractivity contribution in [3.05, 3.63) is 74.6 Å². The first kappa shape index (κ1) is 22.7. The molecule has 0 bridgehead atoms. The van der Waals surface area contributed by atoms with Gasteiger partial charge in [0.25, 0.3) is 11.6 Å². The van der Waals surface area contributed by atoms with Crippen LogP contribution >= 0.6 is 0 Å². The summed E-state index contributed by atoms with van der Waals surface area (Å²) in [6.45, 7) is 0. The van der Waals surface area contributed by atoms with E-state index in [2.05, 4.69) is 26.1 Å². The lowest BCUT2D eigenvalue weighted by molar-refractivity contribution is -0.384. The van der Waals surface area contributed by atoms with Crippen molar-refractivity contribution in [2.24, 2.45) is 0 Å². The molecule has 3 aromatic rings. The van der Waals surface area contributed by atoms with Gasteiger partial charge in [0.1, 0.15) is 17.8 Å². The quantitative estimate of drug-likeness (QED) is 0.318. The molecule has 0 saturated carbocycles. The predicted octanol–water partition coefficient (Wildman–Crippen LogP) is 2.81. The van der Waals surface area contributed by atoms with Gasteiger partial charge in [-0.2, -0.15) is 0 Å². The molecular formula is C19H17N7O7. The molecule has 1 aromatic heterocycles. The Hall–Kier alpha value is -5.01. The Morgan fingerprint density at radius 3 is 2.24 bits per heavy atom. The van der Waals surface area contributed by atoms with E-state index >= 15 is 0 Å². The van der Waals surface area contributed by atoms with Crippen LogP contribution in [0.1, 0.15) is 10.4 Å². The first-order chi connectivity index (χ1) is 15.8. The Morgan fingerprint density at radius 2 is 1.64 bits per heavy atom. The van der Waals surface area contributed by atoms with Crippen molar-refractivity contribution in [1.82, 2.24) is 15.4 Å². The number of methoxy groups -OCH3 is 2. The van der Waals surface area contributed by atoms with Crippen molar-refractivity contribution in [3.8, 4) is 11.5 Å². The van der Waals surface area contributed by atoms with Crippen LogP contribution in [0.3, 0.4) is 0 Å². The fourth-order valence-corrected chi connectivity index (χ4v) is 2.69. The van der Waals surface area contributed by atoms with Gasteiger partial charge in [-0.05, 0) is 24.3 Å². The molecule has 0 spiro atoms. The van der Waals surface area contributed by atoms with Gasteiger partial charge in [-0.3, -0.25) is 35.9 Å². The monoisotopic (exact) mass is 455 g/mol. The van der Waals surface area contributed by atoms with Gasteiger partial charge in [-0.1, -0.05) is 0 Å². The molecule has 170 valence electrons. The average molecular weight is 455 g/mol. The highest BCUT2D eigenvalue weighted by Crippen LogP contribution is 2.35. The number of anilines is 3. The van der Waals surface area contributed by atoms with Crippen LogP contribution in [0.4, 0.5) is 28.7 Å². The number of carbonyl (C=O) groups excluding carboxylic acids is 1. The molecule has 2 aromatic carbocycles. The second-order valence-corrected chi connectivity index (χ2v) is 6.25. The summed E-state index contributed by atoms with van der Waals surface area (Å²) < 4.78 is 10.4. The van der Waals surface area contributed by atoms with Crippen LogP contribution in [0.25, 0.3) is 0 Å². The highest BCUT2D eigenvalue weighted by atomic mass is 16.6. The fourth-order valence-electron chi connectivity index (χ4n) is 2.69. The topological polar surface area (TPSA) is 184 Å². The third-order valence-corrected chi connectivity index (χ3v) is 4.30. The van der Waals surface area contributed by atoms with Gasteiger partial charge in [0.05, 0.1) is 29.8 Å². The zero-order valence-electron chi connectivity index (χ0n) is 17.3. The number of nitro groups is 2. The predicted molar refractivity (Wildman–Crippen MR) is 116 cm³/mol.